The predicted molar refractivity (Wildman–Crippen MR) is 71.6 cm³/mol. The number of rotatable bonds is 3. The van der Waals surface area contributed by atoms with Crippen molar-refractivity contribution in [2.24, 2.45) is 0 Å². The molecule has 94 valence electrons. The molecule has 0 aromatic carbocycles. The van der Waals surface area contributed by atoms with E-state index in [4.69, 9.17) is 0 Å². The van der Waals surface area contributed by atoms with Gasteiger partial charge in [-0.15, -0.1) is 11.3 Å². The Labute approximate surface area is 111 Å². The standard InChI is InChI=1S/C13H16N4S/c1-3-11-10-5-14-6-12(10)17-13(16-11)4-9-7-18-8(2)15-9/h7,14H,3-6H2,1-2H3. The molecule has 0 fully saturated rings. The first kappa shape index (κ1) is 11.7. The van der Waals surface area contributed by atoms with Crippen LogP contribution in [0.3, 0.4) is 0 Å². The van der Waals surface area contributed by atoms with Crippen LogP contribution in [0, 0.1) is 6.92 Å². The number of fused-ring (bicyclic) bond motifs is 1. The summed E-state index contributed by atoms with van der Waals surface area (Å²) in [5.41, 5.74) is 4.73. The number of hydrogen-bond donors (Lipinski definition) is 1. The Bertz CT molecular complexity index is 576. The number of nitrogens with zero attached hydrogens (tertiary/aromatic N) is 3. The Kier molecular flexibility index (Phi) is 3.09. The molecule has 2 aromatic heterocycles. The molecule has 2 aromatic rings. The monoisotopic (exact) mass is 260 g/mol. The number of aryl methyl sites for hydroxylation is 2. The molecule has 0 saturated heterocycles. The van der Waals surface area contributed by atoms with Crippen LogP contribution < -0.4 is 5.32 Å². The zero-order valence-corrected chi connectivity index (χ0v) is 11.5. The van der Waals surface area contributed by atoms with Gasteiger partial charge in [-0.05, 0) is 13.3 Å². The van der Waals surface area contributed by atoms with E-state index in [1.165, 1.54) is 17.0 Å². The van der Waals surface area contributed by atoms with Crippen LogP contribution in [0.2, 0.25) is 0 Å². The van der Waals surface area contributed by atoms with Crippen LogP contribution in [-0.4, -0.2) is 15.0 Å². The molecule has 0 bridgehead atoms. The van der Waals surface area contributed by atoms with E-state index >= 15 is 0 Å². The Morgan fingerprint density at radius 2 is 2.17 bits per heavy atom. The van der Waals surface area contributed by atoms with Gasteiger partial charge in [0.15, 0.2) is 0 Å². The third kappa shape index (κ3) is 2.15. The minimum atomic E-state index is 0.741. The van der Waals surface area contributed by atoms with Crippen LogP contribution in [0.1, 0.15) is 40.4 Å². The van der Waals surface area contributed by atoms with Crippen LogP contribution in [0.4, 0.5) is 0 Å². The van der Waals surface area contributed by atoms with Crippen molar-refractivity contribution in [1.82, 2.24) is 20.3 Å². The van der Waals surface area contributed by atoms with Gasteiger partial charge in [0, 0.05) is 29.7 Å². The maximum absolute atomic E-state index is 4.68. The first-order chi connectivity index (χ1) is 8.76. The molecule has 0 radical (unpaired) electrons. The van der Waals surface area contributed by atoms with Gasteiger partial charge < -0.3 is 5.32 Å². The van der Waals surface area contributed by atoms with E-state index in [2.05, 4.69) is 32.6 Å². The molecule has 4 nitrogen and oxygen atoms in total. The Morgan fingerprint density at radius 1 is 1.28 bits per heavy atom. The molecule has 0 aliphatic carbocycles. The van der Waals surface area contributed by atoms with Crippen molar-refractivity contribution >= 4 is 11.3 Å². The summed E-state index contributed by atoms with van der Waals surface area (Å²) in [6.07, 6.45) is 1.71. The summed E-state index contributed by atoms with van der Waals surface area (Å²) in [7, 11) is 0. The van der Waals surface area contributed by atoms with Crippen LogP contribution >= 0.6 is 11.3 Å². The number of aromatic nitrogens is 3. The largest absolute Gasteiger partial charge is 0.307 e. The van der Waals surface area contributed by atoms with E-state index in [1.807, 2.05) is 6.92 Å². The molecule has 0 amide bonds. The van der Waals surface area contributed by atoms with Crippen molar-refractivity contribution in [2.45, 2.75) is 39.8 Å². The van der Waals surface area contributed by atoms with Gasteiger partial charge in [0.25, 0.3) is 0 Å². The van der Waals surface area contributed by atoms with E-state index in [0.717, 1.165) is 42.5 Å². The normalized spacial score (nSPS) is 13.9. The molecule has 0 unspecified atom stereocenters. The SMILES string of the molecule is CCc1nc(Cc2csc(C)n2)nc2c1CNC2. The fraction of sp³-hybridized carbons (Fsp3) is 0.462. The van der Waals surface area contributed by atoms with Gasteiger partial charge in [-0.3, -0.25) is 0 Å². The molecule has 0 atom stereocenters. The van der Waals surface area contributed by atoms with Gasteiger partial charge in [-0.25, -0.2) is 15.0 Å². The third-order valence-corrected chi connectivity index (χ3v) is 3.98. The summed E-state index contributed by atoms with van der Waals surface area (Å²) in [6, 6.07) is 0. The lowest BCUT2D eigenvalue weighted by Gasteiger charge is -2.07. The van der Waals surface area contributed by atoms with Gasteiger partial charge in [-0.1, -0.05) is 6.92 Å². The van der Waals surface area contributed by atoms with Gasteiger partial charge in [0.2, 0.25) is 0 Å². The fourth-order valence-electron chi connectivity index (χ4n) is 2.32. The second kappa shape index (κ2) is 4.74. The minimum absolute atomic E-state index is 0.741. The summed E-state index contributed by atoms with van der Waals surface area (Å²) >= 11 is 1.68. The predicted octanol–water partition coefficient (Wildman–Crippen LogP) is 2.00. The van der Waals surface area contributed by atoms with Crippen LogP contribution in [0.5, 0.6) is 0 Å². The van der Waals surface area contributed by atoms with Crippen LogP contribution in [-0.2, 0) is 25.9 Å². The molecule has 0 spiro atoms. The van der Waals surface area contributed by atoms with E-state index in [-0.39, 0.29) is 0 Å². The Hall–Kier alpha value is -1.33. The highest BCUT2D eigenvalue weighted by atomic mass is 32.1. The van der Waals surface area contributed by atoms with Gasteiger partial charge in [-0.2, -0.15) is 0 Å². The van der Waals surface area contributed by atoms with E-state index in [1.54, 1.807) is 11.3 Å². The first-order valence-electron chi connectivity index (χ1n) is 6.25. The van der Waals surface area contributed by atoms with Crippen LogP contribution in [0.15, 0.2) is 5.38 Å². The van der Waals surface area contributed by atoms with Crippen molar-refractivity contribution < 1.29 is 0 Å². The maximum atomic E-state index is 4.68. The quantitative estimate of drug-likeness (QED) is 0.917. The molecule has 0 saturated carbocycles. The van der Waals surface area contributed by atoms with E-state index in [9.17, 15) is 0 Å². The summed E-state index contributed by atoms with van der Waals surface area (Å²) in [5.74, 6) is 0.902. The average molecular weight is 260 g/mol. The number of nitrogens with one attached hydrogen (secondary N) is 1. The summed E-state index contributed by atoms with van der Waals surface area (Å²) in [6.45, 7) is 5.96. The Balaban J connectivity index is 1.93. The Morgan fingerprint density at radius 3 is 2.89 bits per heavy atom. The number of hydrogen-bond acceptors (Lipinski definition) is 5. The second-order valence-corrected chi connectivity index (χ2v) is 5.57. The molecular formula is C13H16N4S. The van der Waals surface area contributed by atoms with Crippen molar-refractivity contribution in [3.63, 3.8) is 0 Å². The van der Waals surface area contributed by atoms with Gasteiger partial charge in [0.05, 0.1) is 22.8 Å². The van der Waals surface area contributed by atoms with E-state index in [0.29, 0.717) is 0 Å². The molecule has 3 rings (SSSR count). The molecular weight excluding hydrogens is 244 g/mol. The average Bonchev–Trinajstić information content (AvgIpc) is 2.97. The third-order valence-electron chi connectivity index (χ3n) is 3.16. The molecule has 1 aliphatic rings. The molecule has 5 heteroatoms. The lowest BCUT2D eigenvalue weighted by molar-refractivity contribution is 0.754. The second-order valence-electron chi connectivity index (χ2n) is 4.50. The molecule has 3 heterocycles. The highest BCUT2D eigenvalue weighted by Crippen LogP contribution is 2.19. The smallest absolute Gasteiger partial charge is 0.134 e. The topological polar surface area (TPSA) is 50.7 Å². The van der Waals surface area contributed by atoms with Gasteiger partial charge >= 0.3 is 0 Å². The summed E-state index contributed by atoms with van der Waals surface area (Å²) < 4.78 is 0. The minimum Gasteiger partial charge on any atom is -0.307 e. The van der Waals surface area contributed by atoms with Gasteiger partial charge in [0.1, 0.15) is 5.82 Å². The zero-order chi connectivity index (χ0) is 12.5. The first-order valence-corrected chi connectivity index (χ1v) is 7.13. The maximum Gasteiger partial charge on any atom is 0.134 e. The van der Waals surface area contributed by atoms with Crippen molar-refractivity contribution in [3.05, 3.63) is 38.9 Å². The van der Waals surface area contributed by atoms with Crippen molar-refractivity contribution in [2.75, 3.05) is 0 Å². The van der Waals surface area contributed by atoms with E-state index < -0.39 is 0 Å². The highest BCUT2D eigenvalue weighted by molar-refractivity contribution is 7.09. The lowest BCUT2D eigenvalue weighted by atomic mass is 10.1. The summed E-state index contributed by atoms with van der Waals surface area (Å²) in [4.78, 5) is 13.8. The fourth-order valence-corrected chi connectivity index (χ4v) is 2.93. The number of thiazole rings is 1. The van der Waals surface area contributed by atoms with Crippen molar-refractivity contribution in [3.8, 4) is 0 Å². The van der Waals surface area contributed by atoms with Crippen LogP contribution in [0.25, 0.3) is 0 Å². The molecule has 18 heavy (non-hydrogen) atoms. The summed E-state index contributed by atoms with van der Waals surface area (Å²) in [5, 5.41) is 6.54. The zero-order valence-electron chi connectivity index (χ0n) is 10.7. The van der Waals surface area contributed by atoms with Crippen molar-refractivity contribution in [1.29, 1.82) is 0 Å². The molecule has 1 aliphatic heterocycles. The highest BCUT2D eigenvalue weighted by Gasteiger charge is 2.18. The molecule has 1 N–H and O–H groups in total. The lowest BCUT2D eigenvalue weighted by Crippen LogP contribution is -2.06.